The number of nitro benzene ring substituents is 1. The molecule has 0 atom stereocenters. The van der Waals surface area contributed by atoms with Gasteiger partial charge in [-0.2, -0.15) is 4.31 Å². The molecule has 3 rings (SSSR count). The molecule has 1 aliphatic carbocycles. The maximum absolute atomic E-state index is 12.8. The molecule has 10 heteroatoms. The Morgan fingerprint density at radius 3 is 2.31 bits per heavy atom. The van der Waals surface area contributed by atoms with E-state index in [4.69, 9.17) is 0 Å². The Morgan fingerprint density at radius 1 is 1.12 bits per heavy atom. The van der Waals surface area contributed by atoms with Crippen LogP contribution in [0.2, 0.25) is 0 Å². The highest BCUT2D eigenvalue weighted by Crippen LogP contribution is 2.33. The Kier molecular flexibility index (Phi) is 8.10. The average molecular weight is 467 g/mol. The number of piperazine rings is 1. The molecule has 178 valence electrons. The largest absolute Gasteiger partial charge is 0.362 e. The van der Waals surface area contributed by atoms with Crippen LogP contribution < -0.4 is 4.90 Å². The highest BCUT2D eigenvalue weighted by atomic mass is 32.2. The van der Waals surface area contributed by atoms with Crippen molar-refractivity contribution in [3.8, 4) is 0 Å². The van der Waals surface area contributed by atoms with Gasteiger partial charge in [-0.3, -0.25) is 14.9 Å². The fourth-order valence-electron chi connectivity index (χ4n) is 4.77. The van der Waals surface area contributed by atoms with Crippen molar-refractivity contribution in [1.82, 2.24) is 9.21 Å². The summed E-state index contributed by atoms with van der Waals surface area (Å²) in [5.74, 6) is 0.834. The predicted octanol–water partition coefficient (Wildman–Crippen LogP) is 3.24. The van der Waals surface area contributed by atoms with Crippen molar-refractivity contribution in [1.29, 1.82) is 0 Å². The molecular formula is C22H34N4O5S. The van der Waals surface area contributed by atoms with Crippen molar-refractivity contribution in [3.63, 3.8) is 0 Å². The van der Waals surface area contributed by atoms with Gasteiger partial charge in [-0.05, 0) is 24.5 Å². The van der Waals surface area contributed by atoms with Crippen LogP contribution in [0.3, 0.4) is 0 Å². The number of carbonyl (C=O) groups excluding carboxylic acids is 1. The molecule has 0 spiro atoms. The minimum absolute atomic E-state index is 0.0719. The Labute approximate surface area is 190 Å². The number of amides is 1. The van der Waals surface area contributed by atoms with Gasteiger partial charge in [-0.25, -0.2) is 8.42 Å². The summed E-state index contributed by atoms with van der Waals surface area (Å²) in [6, 6.07) is 4.11. The van der Waals surface area contributed by atoms with E-state index in [1.54, 1.807) is 13.8 Å². The first kappa shape index (κ1) is 24.4. The van der Waals surface area contributed by atoms with Crippen molar-refractivity contribution >= 4 is 27.3 Å². The number of benzene rings is 1. The van der Waals surface area contributed by atoms with Crippen LogP contribution in [0.15, 0.2) is 23.1 Å². The van der Waals surface area contributed by atoms with Crippen LogP contribution in [0.25, 0.3) is 0 Å². The van der Waals surface area contributed by atoms with E-state index in [0.29, 0.717) is 57.3 Å². The van der Waals surface area contributed by atoms with Gasteiger partial charge in [0.1, 0.15) is 5.69 Å². The molecule has 0 radical (unpaired) electrons. The third-order valence-corrected chi connectivity index (χ3v) is 8.75. The van der Waals surface area contributed by atoms with Crippen molar-refractivity contribution < 1.29 is 18.1 Å². The fraction of sp³-hybridized carbons (Fsp3) is 0.682. The Balaban J connectivity index is 1.68. The molecule has 0 bridgehead atoms. The van der Waals surface area contributed by atoms with Crippen molar-refractivity contribution in [2.75, 3.05) is 44.2 Å². The second-order valence-corrected chi connectivity index (χ2v) is 10.5. The van der Waals surface area contributed by atoms with Gasteiger partial charge in [-0.15, -0.1) is 0 Å². The molecule has 2 aliphatic rings. The molecule has 9 nitrogen and oxygen atoms in total. The van der Waals surface area contributed by atoms with Crippen LogP contribution >= 0.6 is 0 Å². The van der Waals surface area contributed by atoms with Gasteiger partial charge in [-0.1, -0.05) is 39.5 Å². The highest BCUT2D eigenvalue weighted by molar-refractivity contribution is 7.89. The normalized spacial score (nSPS) is 17.8. The number of carbonyl (C=O) groups is 1. The molecule has 1 aliphatic heterocycles. The quantitative estimate of drug-likeness (QED) is 0.409. The van der Waals surface area contributed by atoms with Gasteiger partial charge in [0.2, 0.25) is 15.9 Å². The minimum Gasteiger partial charge on any atom is -0.362 e. The lowest BCUT2D eigenvalue weighted by atomic mass is 10.0. The van der Waals surface area contributed by atoms with Crippen LogP contribution in [0.5, 0.6) is 0 Å². The maximum atomic E-state index is 12.8. The molecule has 2 fully saturated rings. The first-order valence-electron chi connectivity index (χ1n) is 11.6. The summed E-state index contributed by atoms with van der Waals surface area (Å²) in [5.41, 5.74) is 0.172. The number of hydrogen-bond donors (Lipinski definition) is 0. The van der Waals surface area contributed by atoms with Gasteiger partial charge in [0.05, 0.1) is 9.82 Å². The third-order valence-electron chi connectivity index (χ3n) is 6.70. The van der Waals surface area contributed by atoms with Crippen molar-refractivity contribution in [3.05, 3.63) is 28.3 Å². The highest BCUT2D eigenvalue weighted by Gasteiger charge is 2.30. The Morgan fingerprint density at radius 2 is 1.75 bits per heavy atom. The molecular weight excluding hydrogens is 432 g/mol. The summed E-state index contributed by atoms with van der Waals surface area (Å²) in [7, 11) is -3.78. The zero-order valence-electron chi connectivity index (χ0n) is 19.0. The van der Waals surface area contributed by atoms with Gasteiger partial charge in [0, 0.05) is 51.8 Å². The molecule has 32 heavy (non-hydrogen) atoms. The summed E-state index contributed by atoms with van der Waals surface area (Å²) in [6.45, 7) is 6.06. The molecule has 0 aromatic heterocycles. The maximum Gasteiger partial charge on any atom is 0.293 e. The fourth-order valence-corrected chi connectivity index (χ4v) is 6.25. The van der Waals surface area contributed by atoms with E-state index in [2.05, 4.69) is 0 Å². The van der Waals surface area contributed by atoms with E-state index in [1.807, 2.05) is 9.80 Å². The van der Waals surface area contributed by atoms with Crippen molar-refractivity contribution in [2.24, 2.45) is 5.92 Å². The monoisotopic (exact) mass is 466 g/mol. The number of nitrogens with zero attached hydrogens (tertiary/aromatic N) is 4. The number of sulfonamides is 1. The van der Waals surface area contributed by atoms with Crippen LogP contribution in [0.4, 0.5) is 11.4 Å². The summed E-state index contributed by atoms with van der Waals surface area (Å²) in [6.07, 6.45) is 6.52. The van der Waals surface area contributed by atoms with E-state index < -0.39 is 14.9 Å². The van der Waals surface area contributed by atoms with Crippen LogP contribution in [0.1, 0.15) is 52.4 Å². The second-order valence-electron chi connectivity index (χ2n) is 8.55. The molecule has 0 unspecified atom stereocenters. The van der Waals surface area contributed by atoms with Gasteiger partial charge >= 0.3 is 0 Å². The summed E-state index contributed by atoms with van der Waals surface area (Å²) < 4.78 is 26.8. The molecule has 0 N–H and O–H groups in total. The van der Waals surface area contributed by atoms with Gasteiger partial charge in [0.15, 0.2) is 0 Å². The zero-order valence-corrected chi connectivity index (χ0v) is 19.8. The zero-order chi connectivity index (χ0) is 23.3. The standard InChI is InChI=1S/C22H34N4O5S/c1-3-25(4-2)32(30,31)19-10-11-20(21(17-19)26(28)29)23-13-15-24(16-14-23)22(27)12-9-18-7-5-6-8-18/h10-11,17-18H,3-9,12-16H2,1-2H3. The van der Waals surface area contributed by atoms with E-state index in [-0.39, 0.29) is 16.5 Å². The van der Waals surface area contributed by atoms with E-state index in [0.717, 1.165) is 12.5 Å². The topological polar surface area (TPSA) is 104 Å². The number of rotatable bonds is 9. The number of hydrogen-bond acceptors (Lipinski definition) is 6. The SMILES string of the molecule is CCN(CC)S(=O)(=O)c1ccc(N2CCN(C(=O)CCC3CCCC3)CC2)c([N+](=O)[O-])c1. The molecule has 1 saturated heterocycles. The van der Waals surface area contributed by atoms with Gasteiger partial charge in [0.25, 0.3) is 5.69 Å². The average Bonchev–Trinajstić information content (AvgIpc) is 3.31. The first-order chi connectivity index (χ1) is 15.3. The number of anilines is 1. The smallest absolute Gasteiger partial charge is 0.293 e. The summed E-state index contributed by atoms with van der Waals surface area (Å²) in [5, 5.41) is 11.7. The lowest BCUT2D eigenvalue weighted by Crippen LogP contribution is -2.49. The van der Waals surface area contributed by atoms with E-state index in [1.165, 1.54) is 42.1 Å². The lowest BCUT2D eigenvalue weighted by Gasteiger charge is -2.36. The van der Waals surface area contributed by atoms with E-state index >= 15 is 0 Å². The molecule has 1 amide bonds. The predicted molar refractivity (Wildman–Crippen MR) is 123 cm³/mol. The van der Waals surface area contributed by atoms with Crippen LogP contribution in [0, 0.1) is 16.0 Å². The third kappa shape index (κ3) is 5.40. The first-order valence-corrected chi connectivity index (χ1v) is 13.0. The minimum atomic E-state index is -3.78. The van der Waals surface area contributed by atoms with Crippen LogP contribution in [-0.4, -0.2) is 67.7 Å². The Hall–Kier alpha value is -2.20. The summed E-state index contributed by atoms with van der Waals surface area (Å²) >= 11 is 0. The lowest BCUT2D eigenvalue weighted by molar-refractivity contribution is -0.384. The summed E-state index contributed by atoms with van der Waals surface area (Å²) in [4.78, 5) is 27.4. The van der Waals surface area contributed by atoms with Crippen molar-refractivity contribution in [2.45, 2.75) is 57.3 Å². The molecule has 1 saturated carbocycles. The molecule has 1 heterocycles. The van der Waals surface area contributed by atoms with E-state index in [9.17, 15) is 23.3 Å². The number of nitro groups is 1. The molecule has 1 aromatic rings. The van der Waals surface area contributed by atoms with Gasteiger partial charge < -0.3 is 9.80 Å². The van der Waals surface area contributed by atoms with Crippen LogP contribution in [-0.2, 0) is 14.8 Å². The second kappa shape index (κ2) is 10.6. The Bertz CT molecular complexity index is 918. The molecule has 1 aromatic carbocycles.